The molecule has 3 rings (SSSR count). The summed E-state index contributed by atoms with van der Waals surface area (Å²) in [5.74, 6) is -0.300. The summed E-state index contributed by atoms with van der Waals surface area (Å²) in [5, 5.41) is 6.25. The molecule has 1 aromatic heterocycles. The molecule has 0 fully saturated rings. The van der Waals surface area contributed by atoms with Crippen LogP contribution in [0, 0.1) is 0 Å². The van der Waals surface area contributed by atoms with Crippen molar-refractivity contribution in [1.29, 1.82) is 0 Å². The van der Waals surface area contributed by atoms with Crippen LogP contribution in [0.25, 0.3) is 0 Å². The molecule has 0 aliphatic rings. The molecule has 0 unspecified atom stereocenters. The molecule has 2 aromatic carbocycles. The molecule has 0 bridgehead atoms. The minimum Gasteiger partial charge on any atom is -0.493 e. The highest BCUT2D eigenvalue weighted by molar-refractivity contribution is 5.94. The predicted octanol–water partition coefficient (Wildman–Crippen LogP) is 2.41. The number of carbonyl (C=O) groups excluding carboxylic acids is 3. The quantitative estimate of drug-likeness (QED) is 0.171. The van der Waals surface area contributed by atoms with E-state index in [4.69, 9.17) is 28.1 Å². The van der Waals surface area contributed by atoms with Gasteiger partial charge in [0.25, 0.3) is 11.8 Å². The number of hydrazone groups is 1. The lowest BCUT2D eigenvalue weighted by Gasteiger charge is -2.14. The van der Waals surface area contributed by atoms with Crippen molar-refractivity contribution in [3.8, 4) is 28.7 Å². The maximum Gasteiger partial charge on any atom is 0.343 e. The van der Waals surface area contributed by atoms with Crippen LogP contribution in [0.1, 0.15) is 26.5 Å². The molecule has 0 saturated carbocycles. The Morgan fingerprint density at radius 2 is 1.59 bits per heavy atom. The van der Waals surface area contributed by atoms with Gasteiger partial charge in [-0.15, -0.1) is 0 Å². The van der Waals surface area contributed by atoms with Gasteiger partial charge in [0, 0.05) is 0 Å². The van der Waals surface area contributed by atoms with E-state index in [9.17, 15) is 14.4 Å². The third-order valence-corrected chi connectivity index (χ3v) is 4.85. The third-order valence-electron chi connectivity index (χ3n) is 4.85. The largest absolute Gasteiger partial charge is 0.493 e. The van der Waals surface area contributed by atoms with E-state index < -0.39 is 17.8 Å². The molecule has 0 atom stereocenters. The third kappa shape index (κ3) is 6.78. The number of furan rings is 1. The lowest BCUT2D eigenvalue weighted by molar-refractivity contribution is -0.120. The van der Waals surface area contributed by atoms with Gasteiger partial charge in [-0.25, -0.2) is 10.2 Å². The second-order valence-electron chi connectivity index (χ2n) is 7.17. The average Bonchev–Trinajstić information content (AvgIpc) is 3.46. The van der Waals surface area contributed by atoms with Gasteiger partial charge in [0.1, 0.15) is 0 Å². The van der Waals surface area contributed by atoms with Gasteiger partial charge in [0.2, 0.25) is 5.75 Å². The van der Waals surface area contributed by atoms with E-state index in [-0.39, 0.29) is 29.4 Å². The Morgan fingerprint density at radius 1 is 0.892 bits per heavy atom. The first-order valence-corrected chi connectivity index (χ1v) is 10.7. The lowest BCUT2D eigenvalue weighted by Crippen LogP contribution is -2.34. The molecule has 0 saturated heterocycles. The summed E-state index contributed by atoms with van der Waals surface area (Å²) in [6.07, 6.45) is 2.72. The maximum atomic E-state index is 12.8. The van der Waals surface area contributed by atoms with Crippen LogP contribution < -0.4 is 34.4 Å². The highest BCUT2D eigenvalue weighted by atomic mass is 16.6. The van der Waals surface area contributed by atoms with Crippen molar-refractivity contribution < 1.29 is 42.5 Å². The van der Waals surface area contributed by atoms with Crippen LogP contribution >= 0.6 is 0 Å². The number of hydrogen-bond donors (Lipinski definition) is 2. The number of ether oxygens (including phenoxy) is 5. The zero-order chi connectivity index (χ0) is 26.8. The van der Waals surface area contributed by atoms with Crippen molar-refractivity contribution in [2.75, 3.05) is 35.0 Å². The fraction of sp³-hybridized carbons (Fsp3) is 0.200. The fourth-order valence-corrected chi connectivity index (χ4v) is 3.08. The molecule has 0 aliphatic carbocycles. The predicted molar refractivity (Wildman–Crippen MR) is 131 cm³/mol. The molecule has 12 nitrogen and oxygen atoms in total. The van der Waals surface area contributed by atoms with Gasteiger partial charge in [0.15, 0.2) is 28.8 Å². The standard InChI is InChI=1S/C25H25N3O9/c1-32-19-10-15(13-27-28-22(29)14-26-24(30)18-6-5-9-36-18)7-8-17(19)37-25(31)16-11-20(33-2)23(35-4)21(12-16)34-3/h5-13H,14H2,1-4H3,(H,26,30)(H,28,29)/b27-13+. The monoisotopic (exact) mass is 511 g/mol. The summed E-state index contributed by atoms with van der Waals surface area (Å²) in [7, 11) is 5.75. The molecular weight excluding hydrogens is 486 g/mol. The zero-order valence-corrected chi connectivity index (χ0v) is 20.5. The summed E-state index contributed by atoms with van der Waals surface area (Å²) in [4.78, 5) is 36.5. The molecule has 0 aliphatic heterocycles. The fourth-order valence-electron chi connectivity index (χ4n) is 3.08. The number of rotatable bonds is 11. The average molecular weight is 511 g/mol. The second kappa shape index (κ2) is 12.6. The van der Waals surface area contributed by atoms with E-state index in [0.717, 1.165) is 0 Å². The van der Waals surface area contributed by atoms with Crippen LogP contribution in [0.2, 0.25) is 0 Å². The first-order valence-electron chi connectivity index (χ1n) is 10.7. The number of methoxy groups -OCH3 is 4. The smallest absolute Gasteiger partial charge is 0.343 e. The summed E-state index contributed by atoms with van der Waals surface area (Å²) >= 11 is 0. The van der Waals surface area contributed by atoms with Crippen molar-refractivity contribution in [1.82, 2.24) is 10.7 Å². The lowest BCUT2D eigenvalue weighted by atomic mass is 10.1. The molecule has 2 amide bonds. The van der Waals surface area contributed by atoms with Gasteiger partial charge in [-0.2, -0.15) is 5.10 Å². The maximum absolute atomic E-state index is 12.8. The van der Waals surface area contributed by atoms with Crippen LogP contribution in [-0.2, 0) is 4.79 Å². The van der Waals surface area contributed by atoms with Crippen molar-refractivity contribution in [2.45, 2.75) is 0 Å². The molecule has 194 valence electrons. The topological polar surface area (TPSA) is 147 Å². The van der Waals surface area contributed by atoms with Crippen molar-refractivity contribution in [3.05, 3.63) is 65.6 Å². The number of amides is 2. The van der Waals surface area contributed by atoms with Gasteiger partial charge >= 0.3 is 5.97 Å². The van der Waals surface area contributed by atoms with Gasteiger partial charge in [0.05, 0.1) is 53.0 Å². The SMILES string of the molecule is COc1cc(/C=N/NC(=O)CNC(=O)c2ccco2)ccc1OC(=O)c1cc(OC)c(OC)c(OC)c1. The van der Waals surface area contributed by atoms with Crippen molar-refractivity contribution in [3.63, 3.8) is 0 Å². The van der Waals surface area contributed by atoms with E-state index >= 15 is 0 Å². The molecule has 37 heavy (non-hydrogen) atoms. The number of carbonyl (C=O) groups is 3. The summed E-state index contributed by atoms with van der Waals surface area (Å²) in [6, 6.07) is 10.7. The number of nitrogens with one attached hydrogen (secondary N) is 2. The molecule has 3 aromatic rings. The summed E-state index contributed by atoms with van der Waals surface area (Å²) in [6.45, 7) is -0.296. The molecule has 0 spiro atoms. The Balaban J connectivity index is 1.63. The number of esters is 1. The molecule has 12 heteroatoms. The first kappa shape index (κ1) is 26.6. The Morgan fingerprint density at radius 3 is 2.19 bits per heavy atom. The molecule has 0 radical (unpaired) electrons. The normalized spacial score (nSPS) is 10.5. The van der Waals surface area contributed by atoms with Crippen LogP contribution in [0.3, 0.4) is 0 Å². The van der Waals surface area contributed by atoms with Gasteiger partial charge in [-0.3, -0.25) is 9.59 Å². The first-order chi connectivity index (χ1) is 17.9. The highest BCUT2D eigenvalue weighted by Crippen LogP contribution is 2.38. The van der Waals surface area contributed by atoms with Gasteiger partial charge < -0.3 is 33.4 Å². The van der Waals surface area contributed by atoms with Crippen LogP contribution in [0.4, 0.5) is 0 Å². The number of hydrogen-bond acceptors (Lipinski definition) is 10. The van der Waals surface area contributed by atoms with Crippen molar-refractivity contribution in [2.24, 2.45) is 5.10 Å². The summed E-state index contributed by atoms with van der Waals surface area (Å²) in [5.41, 5.74) is 3.01. The number of benzene rings is 2. The molecule has 2 N–H and O–H groups in total. The minimum absolute atomic E-state index is 0.0921. The van der Waals surface area contributed by atoms with Gasteiger partial charge in [-0.1, -0.05) is 0 Å². The molecular formula is C25H25N3O9. The van der Waals surface area contributed by atoms with E-state index in [0.29, 0.717) is 22.8 Å². The Kier molecular flexibility index (Phi) is 9.08. The van der Waals surface area contributed by atoms with Crippen LogP contribution in [-0.4, -0.2) is 59.0 Å². The minimum atomic E-state index is -0.678. The summed E-state index contributed by atoms with van der Waals surface area (Å²) < 4.78 is 31.6. The van der Waals surface area contributed by atoms with Crippen molar-refractivity contribution >= 4 is 24.0 Å². The number of nitrogens with zero attached hydrogens (tertiary/aromatic N) is 1. The second-order valence-corrected chi connectivity index (χ2v) is 7.17. The van der Waals surface area contributed by atoms with E-state index in [1.165, 1.54) is 65.2 Å². The van der Waals surface area contributed by atoms with E-state index in [1.54, 1.807) is 18.2 Å². The van der Waals surface area contributed by atoms with Crippen LogP contribution in [0.15, 0.2) is 58.2 Å². The Labute approximate surface area is 212 Å². The molecule has 1 heterocycles. The van der Waals surface area contributed by atoms with Gasteiger partial charge in [-0.05, 0) is 48.0 Å². The van der Waals surface area contributed by atoms with E-state index in [1.807, 2.05) is 0 Å². The zero-order valence-electron chi connectivity index (χ0n) is 20.5. The highest BCUT2D eigenvalue weighted by Gasteiger charge is 2.19. The Bertz CT molecular complexity index is 1260. The van der Waals surface area contributed by atoms with E-state index in [2.05, 4.69) is 15.8 Å². The Hall–Kier alpha value is -5.00. The van der Waals surface area contributed by atoms with Crippen LogP contribution in [0.5, 0.6) is 28.7 Å².